The van der Waals surface area contributed by atoms with E-state index in [2.05, 4.69) is 10.3 Å². The number of rotatable bonds is 5. The van der Waals surface area contributed by atoms with Crippen molar-refractivity contribution < 1.29 is 27.1 Å². The molecule has 132 valence electrons. The topological polar surface area (TPSA) is 51.2 Å². The largest absolute Gasteiger partial charge is 0.477 e. The van der Waals surface area contributed by atoms with Gasteiger partial charge in [0.05, 0.1) is 23.4 Å². The molecule has 3 rings (SSSR count). The maximum atomic E-state index is 13.7. The fourth-order valence-corrected chi connectivity index (χ4v) is 2.08. The number of nitrogens with zero attached hydrogens (tertiary/aromatic N) is 1. The molecule has 0 aliphatic heterocycles. The zero-order valence-corrected chi connectivity index (χ0v) is 12.9. The van der Waals surface area contributed by atoms with Gasteiger partial charge in [0.25, 0.3) is 5.91 Å². The van der Waals surface area contributed by atoms with Crippen LogP contribution in [0.15, 0.2) is 36.5 Å². The number of amides is 1. The molecule has 0 spiro atoms. The molecule has 1 saturated carbocycles. The molecule has 0 atom stereocenters. The van der Waals surface area contributed by atoms with E-state index < -0.39 is 29.2 Å². The van der Waals surface area contributed by atoms with E-state index in [1.54, 1.807) is 0 Å². The van der Waals surface area contributed by atoms with Crippen LogP contribution >= 0.6 is 0 Å². The normalized spacial score (nSPS) is 14.2. The van der Waals surface area contributed by atoms with Gasteiger partial charge < -0.3 is 10.1 Å². The number of alkyl halides is 3. The Balaban J connectivity index is 1.69. The van der Waals surface area contributed by atoms with Crippen LogP contribution in [0.25, 0.3) is 0 Å². The summed E-state index contributed by atoms with van der Waals surface area (Å²) in [7, 11) is 0. The summed E-state index contributed by atoms with van der Waals surface area (Å²) in [4.78, 5) is 16.0. The Morgan fingerprint density at radius 2 is 2.00 bits per heavy atom. The van der Waals surface area contributed by atoms with Gasteiger partial charge in [-0.3, -0.25) is 4.79 Å². The molecule has 0 unspecified atom stereocenters. The van der Waals surface area contributed by atoms with Crippen LogP contribution < -0.4 is 10.1 Å². The second kappa shape index (κ2) is 6.70. The molecule has 0 saturated heterocycles. The van der Waals surface area contributed by atoms with Crippen LogP contribution in [0.3, 0.4) is 0 Å². The Hall–Kier alpha value is -2.64. The van der Waals surface area contributed by atoms with Crippen molar-refractivity contribution in [3.63, 3.8) is 0 Å². The van der Waals surface area contributed by atoms with Crippen molar-refractivity contribution in [1.82, 2.24) is 4.98 Å². The first-order chi connectivity index (χ1) is 11.8. The zero-order valence-electron chi connectivity index (χ0n) is 12.9. The van der Waals surface area contributed by atoms with Gasteiger partial charge in [0, 0.05) is 12.3 Å². The zero-order chi connectivity index (χ0) is 18.0. The molecule has 4 nitrogen and oxygen atoms in total. The summed E-state index contributed by atoms with van der Waals surface area (Å²) >= 11 is 0. The van der Waals surface area contributed by atoms with Crippen LogP contribution in [0.5, 0.6) is 5.88 Å². The molecule has 1 aromatic carbocycles. The summed E-state index contributed by atoms with van der Waals surface area (Å²) in [5, 5.41) is 2.12. The van der Waals surface area contributed by atoms with Gasteiger partial charge in [-0.1, -0.05) is 0 Å². The van der Waals surface area contributed by atoms with E-state index in [1.807, 2.05) is 0 Å². The molecule has 0 radical (unpaired) electrons. The highest BCUT2D eigenvalue weighted by atomic mass is 19.4. The fourth-order valence-electron chi connectivity index (χ4n) is 2.08. The van der Waals surface area contributed by atoms with E-state index in [0.29, 0.717) is 36.6 Å². The van der Waals surface area contributed by atoms with E-state index in [0.717, 1.165) is 12.8 Å². The summed E-state index contributed by atoms with van der Waals surface area (Å²) < 4.78 is 57.1. The van der Waals surface area contributed by atoms with Gasteiger partial charge in [0.15, 0.2) is 0 Å². The molecule has 1 fully saturated rings. The lowest BCUT2D eigenvalue weighted by Gasteiger charge is -2.11. The molecule has 25 heavy (non-hydrogen) atoms. The van der Waals surface area contributed by atoms with Gasteiger partial charge in [0.1, 0.15) is 5.82 Å². The van der Waals surface area contributed by atoms with E-state index in [4.69, 9.17) is 4.74 Å². The fraction of sp³-hybridized carbons (Fsp3) is 0.294. The van der Waals surface area contributed by atoms with Gasteiger partial charge in [0.2, 0.25) is 5.88 Å². The molecule has 1 heterocycles. The van der Waals surface area contributed by atoms with Crippen LogP contribution in [0.1, 0.15) is 28.8 Å². The molecule has 1 aliphatic rings. The minimum atomic E-state index is -4.63. The molecular formula is C17H14F4N2O2. The molecule has 0 bridgehead atoms. The van der Waals surface area contributed by atoms with Crippen molar-refractivity contribution in [2.75, 3.05) is 11.9 Å². The van der Waals surface area contributed by atoms with Gasteiger partial charge in [-0.15, -0.1) is 0 Å². The molecule has 1 aliphatic carbocycles. The average molecular weight is 354 g/mol. The number of carbonyl (C=O) groups is 1. The number of hydrogen-bond donors (Lipinski definition) is 1. The van der Waals surface area contributed by atoms with E-state index >= 15 is 0 Å². The molecular weight excluding hydrogens is 340 g/mol. The first kappa shape index (κ1) is 17.2. The van der Waals surface area contributed by atoms with Crippen molar-refractivity contribution >= 4 is 11.6 Å². The standard InChI is InChI=1S/C17H14F4N2O2/c18-13-5-4-12(17(19,20)21)7-14(13)23-16(24)11-3-6-15(22-8-11)25-9-10-1-2-10/h3-8,10H,1-2,9H2,(H,23,24). The number of ether oxygens (including phenoxy) is 1. The number of nitrogens with one attached hydrogen (secondary N) is 1. The minimum absolute atomic E-state index is 0.0792. The number of pyridine rings is 1. The second-order valence-corrected chi connectivity index (χ2v) is 5.79. The number of aromatic nitrogens is 1. The molecule has 1 N–H and O–H groups in total. The lowest BCUT2D eigenvalue weighted by atomic mass is 10.1. The Labute approximate surface area is 140 Å². The quantitative estimate of drug-likeness (QED) is 0.816. The highest BCUT2D eigenvalue weighted by molar-refractivity contribution is 6.04. The lowest BCUT2D eigenvalue weighted by Crippen LogP contribution is -2.15. The first-order valence-corrected chi connectivity index (χ1v) is 7.60. The smallest absolute Gasteiger partial charge is 0.416 e. The van der Waals surface area contributed by atoms with Crippen molar-refractivity contribution in [2.45, 2.75) is 19.0 Å². The molecule has 8 heteroatoms. The van der Waals surface area contributed by atoms with E-state index in [1.165, 1.54) is 18.3 Å². The van der Waals surface area contributed by atoms with Gasteiger partial charge in [-0.2, -0.15) is 13.2 Å². The lowest BCUT2D eigenvalue weighted by molar-refractivity contribution is -0.137. The summed E-state index contributed by atoms with van der Waals surface area (Å²) in [6.45, 7) is 0.563. The van der Waals surface area contributed by atoms with E-state index in [9.17, 15) is 22.4 Å². The van der Waals surface area contributed by atoms with Crippen LogP contribution in [0.2, 0.25) is 0 Å². The number of anilines is 1. The monoisotopic (exact) mass is 354 g/mol. The van der Waals surface area contributed by atoms with Crippen molar-refractivity contribution in [3.05, 3.63) is 53.5 Å². The Bertz CT molecular complexity index is 771. The van der Waals surface area contributed by atoms with Crippen molar-refractivity contribution in [1.29, 1.82) is 0 Å². The first-order valence-electron chi connectivity index (χ1n) is 7.60. The maximum Gasteiger partial charge on any atom is 0.416 e. The maximum absolute atomic E-state index is 13.7. The van der Waals surface area contributed by atoms with Gasteiger partial charge in [-0.25, -0.2) is 9.37 Å². The second-order valence-electron chi connectivity index (χ2n) is 5.79. The number of carbonyl (C=O) groups excluding carboxylic acids is 1. The van der Waals surface area contributed by atoms with Crippen LogP contribution in [0, 0.1) is 11.7 Å². The summed E-state index contributed by atoms with van der Waals surface area (Å²) in [5.41, 5.74) is -1.52. The van der Waals surface area contributed by atoms with Crippen LogP contribution in [-0.4, -0.2) is 17.5 Å². The van der Waals surface area contributed by atoms with Gasteiger partial charge >= 0.3 is 6.18 Å². The molecule has 2 aromatic rings. The Kier molecular flexibility index (Phi) is 4.61. The highest BCUT2D eigenvalue weighted by Gasteiger charge is 2.31. The molecule has 1 aromatic heterocycles. The van der Waals surface area contributed by atoms with Gasteiger partial charge in [-0.05, 0) is 43.0 Å². The van der Waals surface area contributed by atoms with Crippen molar-refractivity contribution in [2.24, 2.45) is 5.92 Å². The predicted octanol–water partition coefficient (Wildman–Crippen LogP) is 4.28. The predicted molar refractivity (Wildman–Crippen MR) is 81.8 cm³/mol. The van der Waals surface area contributed by atoms with E-state index in [-0.39, 0.29) is 5.56 Å². The SMILES string of the molecule is O=C(Nc1cc(C(F)(F)F)ccc1F)c1ccc(OCC2CC2)nc1. The molecule has 1 amide bonds. The number of halogens is 4. The minimum Gasteiger partial charge on any atom is -0.477 e. The van der Waals surface area contributed by atoms with Crippen LogP contribution in [-0.2, 0) is 6.18 Å². The number of hydrogen-bond acceptors (Lipinski definition) is 3. The van der Waals surface area contributed by atoms with Crippen LogP contribution in [0.4, 0.5) is 23.2 Å². The summed E-state index contributed by atoms with van der Waals surface area (Å²) in [5.74, 6) is -0.819. The van der Waals surface area contributed by atoms with Crippen molar-refractivity contribution in [3.8, 4) is 5.88 Å². The third-order valence-electron chi connectivity index (χ3n) is 3.70. The number of benzene rings is 1. The summed E-state index contributed by atoms with van der Waals surface area (Å²) in [6, 6.07) is 4.72. The average Bonchev–Trinajstić information content (AvgIpc) is 3.38. The Morgan fingerprint density at radius 1 is 1.24 bits per heavy atom. The third-order valence-corrected chi connectivity index (χ3v) is 3.70. The summed E-state index contributed by atoms with van der Waals surface area (Å²) in [6.07, 6.45) is -1.15. The Morgan fingerprint density at radius 3 is 2.60 bits per heavy atom. The highest BCUT2D eigenvalue weighted by Crippen LogP contribution is 2.32. The third kappa shape index (κ3) is 4.46.